The monoisotopic (exact) mass is 476 g/mol. The average Bonchev–Trinajstić information content (AvgIpc) is 3.55. The third-order valence-electron chi connectivity index (χ3n) is 6.60. The lowest BCUT2D eigenvalue weighted by Gasteiger charge is -2.34. The van der Waals surface area contributed by atoms with E-state index in [-0.39, 0.29) is 12.0 Å². The fourth-order valence-corrected chi connectivity index (χ4v) is 5.59. The number of carbonyl (C=O) groups excluding carboxylic acids is 1. The van der Waals surface area contributed by atoms with Crippen molar-refractivity contribution in [3.05, 3.63) is 72.4 Å². The molecule has 0 aliphatic carbocycles. The molecule has 0 N–H and O–H groups in total. The highest BCUT2D eigenvalue weighted by atomic mass is 32.2. The first-order valence-corrected chi connectivity index (χ1v) is 13.1. The highest BCUT2D eigenvalue weighted by molar-refractivity contribution is 7.99. The van der Waals surface area contributed by atoms with Crippen LogP contribution in [0, 0.1) is 0 Å². The molecule has 178 valence electrons. The Morgan fingerprint density at radius 2 is 1.74 bits per heavy atom. The molecule has 7 heteroatoms. The Balaban J connectivity index is 1.19. The molecule has 2 aliphatic rings. The summed E-state index contributed by atoms with van der Waals surface area (Å²) in [6, 6.07) is 20.9. The molecule has 0 spiro atoms. The predicted octanol–water partition coefficient (Wildman–Crippen LogP) is 4.17. The summed E-state index contributed by atoms with van der Waals surface area (Å²) in [4.78, 5) is 22.1. The highest BCUT2D eigenvalue weighted by Crippen LogP contribution is 2.28. The standard InChI is InChI=1S/C27H32N4O2S/c32-26(30-15-13-29(14-16-30)19-22-8-3-1-4-9-22)21-34-27-28-18-25(23-10-5-2-6-11-23)31(27)20-24-12-7-17-33-24/h1-6,8-11,18,24H,7,12-17,19-21H2/t24-/m0/s1. The van der Waals surface area contributed by atoms with Crippen LogP contribution in [0.5, 0.6) is 0 Å². The molecule has 1 atom stereocenters. The predicted molar refractivity (Wildman–Crippen MR) is 136 cm³/mol. The van der Waals surface area contributed by atoms with Gasteiger partial charge in [-0.2, -0.15) is 0 Å². The van der Waals surface area contributed by atoms with Crippen LogP contribution in [0.1, 0.15) is 18.4 Å². The van der Waals surface area contributed by atoms with Crippen molar-refractivity contribution in [2.24, 2.45) is 0 Å². The maximum Gasteiger partial charge on any atom is 0.233 e. The van der Waals surface area contributed by atoms with E-state index in [9.17, 15) is 4.79 Å². The molecule has 0 unspecified atom stereocenters. The number of hydrogen-bond acceptors (Lipinski definition) is 5. The summed E-state index contributed by atoms with van der Waals surface area (Å²) >= 11 is 1.54. The number of thioether (sulfide) groups is 1. The molecule has 3 aromatic rings. The third-order valence-corrected chi connectivity index (χ3v) is 7.57. The molecule has 34 heavy (non-hydrogen) atoms. The Bertz CT molecular complexity index is 1060. The van der Waals surface area contributed by atoms with E-state index < -0.39 is 0 Å². The van der Waals surface area contributed by atoms with Gasteiger partial charge in [0, 0.05) is 39.3 Å². The second-order valence-corrected chi connectivity index (χ2v) is 9.91. The van der Waals surface area contributed by atoms with Crippen LogP contribution < -0.4 is 0 Å². The topological polar surface area (TPSA) is 50.6 Å². The van der Waals surface area contributed by atoms with Gasteiger partial charge in [0.25, 0.3) is 0 Å². The summed E-state index contributed by atoms with van der Waals surface area (Å²) < 4.78 is 8.14. The van der Waals surface area contributed by atoms with Crippen molar-refractivity contribution in [1.29, 1.82) is 0 Å². The summed E-state index contributed by atoms with van der Waals surface area (Å²) in [5.41, 5.74) is 3.55. The molecule has 0 saturated carbocycles. The van der Waals surface area contributed by atoms with Gasteiger partial charge in [0.1, 0.15) is 0 Å². The van der Waals surface area contributed by atoms with E-state index in [1.54, 1.807) is 11.8 Å². The minimum atomic E-state index is 0.192. The van der Waals surface area contributed by atoms with Gasteiger partial charge in [-0.3, -0.25) is 9.69 Å². The SMILES string of the molecule is O=C(CSc1ncc(-c2ccccc2)n1C[C@@H]1CCCO1)N1CCN(Cc2ccccc2)CC1. The van der Waals surface area contributed by atoms with Gasteiger partial charge in [-0.1, -0.05) is 72.4 Å². The number of piperazine rings is 1. The number of imidazole rings is 1. The average molecular weight is 477 g/mol. The quantitative estimate of drug-likeness (QED) is 0.457. The smallest absolute Gasteiger partial charge is 0.233 e. The lowest BCUT2D eigenvalue weighted by Crippen LogP contribution is -2.48. The fraction of sp³-hybridized carbons (Fsp3) is 0.407. The third kappa shape index (κ3) is 5.71. The van der Waals surface area contributed by atoms with Crippen molar-refractivity contribution in [3.8, 4) is 11.3 Å². The van der Waals surface area contributed by atoms with Crippen LogP contribution in [0.3, 0.4) is 0 Å². The first-order chi connectivity index (χ1) is 16.8. The first-order valence-electron chi connectivity index (χ1n) is 12.2. The van der Waals surface area contributed by atoms with Gasteiger partial charge < -0.3 is 14.2 Å². The van der Waals surface area contributed by atoms with Crippen LogP contribution in [0.2, 0.25) is 0 Å². The number of nitrogens with zero attached hydrogens (tertiary/aromatic N) is 4. The molecule has 0 bridgehead atoms. The largest absolute Gasteiger partial charge is 0.376 e. The van der Waals surface area contributed by atoms with E-state index in [1.807, 2.05) is 35.4 Å². The number of carbonyl (C=O) groups is 1. The summed E-state index contributed by atoms with van der Waals surface area (Å²) in [5, 5.41) is 0.894. The van der Waals surface area contributed by atoms with Crippen LogP contribution in [-0.4, -0.2) is 69.9 Å². The number of ether oxygens (including phenoxy) is 1. The van der Waals surface area contributed by atoms with Crippen LogP contribution in [0.4, 0.5) is 0 Å². The zero-order chi connectivity index (χ0) is 23.2. The van der Waals surface area contributed by atoms with E-state index in [4.69, 9.17) is 9.72 Å². The van der Waals surface area contributed by atoms with Crippen molar-refractivity contribution in [2.45, 2.75) is 37.2 Å². The van der Waals surface area contributed by atoms with Gasteiger partial charge in [0.05, 0.1) is 30.3 Å². The van der Waals surface area contributed by atoms with E-state index in [2.05, 4.69) is 45.9 Å². The number of hydrogen-bond donors (Lipinski definition) is 0. The van der Waals surface area contributed by atoms with Crippen molar-refractivity contribution in [1.82, 2.24) is 19.4 Å². The lowest BCUT2D eigenvalue weighted by atomic mass is 10.1. The molecular weight excluding hydrogens is 444 g/mol. The summed E-state index contributed by atoms with van der Waals surface area (Å²) in [6.07, 6.45) is 4.32. The molecule has 0 radical (unpaired) electrons. The van der Waals surface area contributed by atoms with E-state index in [0.29, 0.717) is 5.75 Å². The molecule has 1 aromatic heterocycles. The maximum absolute atomic E-state index is 13.0. The first kappa shape index (κ1) is 23.1. The van der Waals surface area contributed by atoms with E-state index in [0.717, 1.165) is 75.1 Å². The Kier molecular flexibility index (Phi) is 7.63. The van der Waals surface area contributed by atoms with Gasteiger partial charge in [-0.05, 0) is 24.0 Å². The normalized spacial score (nSPS) is 18.9. The van der Waals surface area contributed by atoms with Gasteiger partial charge in [-0.15, -0.1) is 0 Å². The number of benzene rings is 2. The Morgan fingerprint density at radius 1 is 1.00 bits per heavy atom. The molecule has 2 aromatic carbocycles. The number of aromatic nitrogens is 2. The van der Waals surface area contributed by atoms with Crippen molar-refractivity contribution >= 4 is 17.7 Å². The summed E-state index contributed by atoms with van der Waals surface area (Å²) in [7, 11) is 0. The molecule has 5 rings (SSSR count). The molecule has 3 heterocycles. The van der Waals surface area contributed by atoms with E-state index >= 15 is 0 Å². The maximum atomic E-state index is 13.0. The summed E-state index contributed by atoms with van der Waals surface area (Å²) in [6.45, 7) is 5.95. The highest BCUT2D eigenvalue weighted by Gasteiger charge is 2.24. The summed E-state index contributed by atoms with van der Waals surface area (Å²) in [5.74, 6) is 0.604. The van der Waals surface area contributed by atoms with E-state index in [1.165, 1.54) is 5.56 Å². The fourth-order valence-electron chi connectivity index (χ4n) is 4.70. The minimum Gasteiger partial charge on any atom is -0.376 e. The molecule has 2 fully saturated rings. The second kappa shape index (κ2) is 11.2. The lowest BCUT2D eigenvalue weighted by molar-refractivity contribution is -0.130. The van der Waals surface area contributed by atoms with Gasteiger partial charge in [0.15, 0.2) is 5.16 Å². The Morgan fingerprint density at radius 3 is 2.44 bits per heavy atom. The minimum absolute atomic E-state index is 0.192. The molecule has 1 amide bonds. The molecular formula is C27H32N4O2S. The van der Waals surface area contributed by atoms with Gasteiger partial charge >= 0.3 is 0 Å². The zero-order valence-electron chi connectivity index (χ0n) is 19.5. The van der Waals surface area contributed by atoms with Gasteiger partial charge in [-0.25, -0.2) is 4.98 Å². The molecule has 2 saturated heterocycles. The van der Waals surface area contributed by atoms with Crippen molar-refractivity contribution < 1.29 is 9.53 Å². The Labute approximate surface area is 205 Å². The Hall–Kier alpha value is -2.61. The van der Waals surface area contributed by atoms with Crippen molar-refractivity contribution in [3.63, 3.8) is 0 Å². The van der Waals surface area contributed by atoms with Crippen molar-refractivity contribution in [2.75, 3.05) is 38.5 Å². The second-order valence-electron chi connectivity index (χ2n) is 8.97. The molecule has 6 nitrogen and oxygen atoms in total. The van der Waals surface area contributed by atoms with Crippen LogP contribution >= 0.6 is 11.8 Å². The van der Waals surface area contributed by atoms with Gasteiger partial charge in [0.2, 0.25) is 5.91 Å². The van der Waals surface area contributed by atoms with Crippen LogP contribution in [-0.2, 0) is 22.6 Å². The number of rotatable bonds is 8. The van der Waals surface area contributed by atoms with Crippen LogP contribution in [0.15, 0.2) is 72.0 Å². The van der Waals surface area contributed by atoms with Crippen LogP contribution in [0.25, 0.3) is 11.3 Å². The number of amides is 1. The zero-order valence-corrected chi connectivity index (χ0v) is 20.3. The molecule has 2 aliphatic heterocycles.